The number of ether oxygens (including phenoxy) is 1. The maximum atomic E-state index is 12.8. The fraction of sp³-hybridized carbons (Fsp3) is 0.650. The predicted molar refractivity (Wildman–Crippen MR) is 114 cm³/mol. The van der Waals surface area contributed by atoms with Crippen molar-refractivity contribution in [3.05, 3.63) is 35.4 Å². The van der Waals surface area contributed by atoms with Gasteiger partial charge in [-0.2, -0.15) is 4.31 Å². The number of guanidine groups is 1. The second-order valence-electron chi connectivity index (χ2n) is 6.98. The Bertz CT molecular complexity index is 731. The van der Waals surface area contributed by atoms with Gasteiger partial charge < -0.3 is 15.0 Å². The Morgan fingerprint density at radius 1 is 1.21 bits per heavy atom. The van der Waals surface area contributed by atoms with E-state index in [9.17, 15) is 8.42 Å². The Balaban J connectivity index is 2.13. The lowest BCUT2D eigenvalue weighted by Crippen LogP contribution is -2.41. The molecule has 1 saturated heterocycles. The zero-order chi connectivity index (χ0) is 20.4. The van der Waals surface area contributed by atoms with Crippen LogP contribution >= 0.6 is 0 Å². The molecule has 7 nitrogen and oxygen atoms in total. The predicted octanol–water partition coefficient (Wildman–Crippen LogP) is 2.05. The molecule has 8 heteroatoms. The summed E-state index contributed by atoms with van der Waals surface area (Å²) in [6.07, 6.45) is 2.24. The van der Waals surface area contributed by atoms with Gasteiger partial charge in [-0.15, -0.1) is 0 Å². The first-order chi connectivity index (χ1) is 13.5. The molecule has 1 fully saturated rings. The minimum absolute atomic E-state index is 0.000900. The molecule has 28 heavy (non-hydrogen) atoms. The lowest BCUT2D eigenvalue weighted by atomic mass is 10.1. The minimum Gasteiger partial charge on any atom is -0.379 e. The van der Waals surface area contributed by atoms with Crippen LogP contribution in [0.2, 0.25) is 0 Å². The molecule has 0 aromatic heterocycles. The van der Waals surface area contributed by atoms with Crippen LogP contribution in [0.1, 0.15) is 37.8 Å². The first-order valence-electron chi connectivity index (χ1n) is 10.1. The van der Waals surface area contributed by atoms with Gasteiger partial charge in [0.15, 0.2) is 5.96 Å². The molecule has 158 valence electrons. The number of sulfonamides is 1. The topological polar surface area (TPSA) is 74.2 Å². The van der Waals surface area contributed by atoms with E-state index in [4.69, 9.17) is 9.73 Å². The Morgan fingerprint density at radius 3 is 2.54 bits per heavy atom. The molecule has 1 aromatic carbocycles. The Kier molecular flexibility index (Phi) is 9.21. The van der Waals surface area contributed by atoms with E-state index in [1.807, 2.05) is 38.2 Å². The second-order valence-corrected chi connectivity index (χ2v) is 8.95. The number of rotatable bonds is 9. The van der Waals surface area contributed by atoms with Gasteiger partial charge in [0, 0.05) is 33.2 Å². The SMILES string of the molecule is CCCCN(C)C(=NCc1ccccc1CS(=O)(=O)N1CCOCC1)NCC. The normalized spacial score (nSPS) is 16.2. The van der Waals surface area contributed by atoms with Crippen molar-refractivity contribution in [1.82, 2.24) is 14.5 Å². The summed E-state index contributed by atoms with van der Waals surface area (Å²) in [6, 6.07) is 7.67. The summed E-state index contributed by atoms with van der Waals surface area (Å²) in [5.41, 5.74) is 1.75. The van der Waals surface area contributed by atoms with Crippen molar-refractivity contribution >= 4 is 16.0 Å². The molecule has 1 aliphatic rings. The first kappa shape index (κ1) is 22.6. The molecule has 0 saturated carbocycles. The fourth-order valence-electron chi connectivity index (χ4n) is 3.10. The van der Waals surface area contributed by atoms with Crippen LogP contribution in [0.4, 0.5) is 0 Å². The van der Waals surface area contributed by atoms with Gasteiger partial charge in [-0.1, -0.05) is 37.6 Å². The van der Waals surface area contributed by atoms with Crippen LogP contribution in [-0.2, 0) is 27.1 Å². The number of nitrogens with zero attached hydrogens (tertiary/aromatic N) is 3. The highest BCUT2D eigenvalue weighted by Gasteiger charge is 2.25. The number of benzene rings is 1. The van der Waals surface area contributed by atoms with Gasteiger partial charge in [0.25, 0.3) is 0 Å². The third kappa shape index (κ3) is 6.76. The molecule has 0 unspecified atom stereocenters. The number of morpholine rings is 1. The number of hydrogen-bond donors (Lipinski definition) is 1. The van der Waals surface area contributed by atoms with Crippen molar-refractivity contribution in [2.75, 3.05) is 46.4 Å². The van der Waals surface area contributed by atoms with Gasteiger partial charge in [0.1, 0.15) is 0 Å². The minimum atomic E-state index is -3.36. The van der Waals surface area contributed by atoms with Gasteiger partial charge in [-0.05, 0) is 24.5 Å². The van der Waals surface area contributed by atoms with E-state index in [0.29, 0.717) is 32.8 Å². The molecule has 0 radical (unpaired) electrons. The average molecular weight is 411 g/mol. The van der Waals surface area contributed by atoms with Crippen LogP contribution < -0.4 is 5.32 Å². The molecule has 1 aromatic rings. The highest BCUT2D eigenvalue weighted by molar-refractivity contribution is 7.88. The average Bonchev–Trinajstić information content (AvgIpc) is 2.70. The smallest absolute Gasteiger partial charge is 0.218 e. The van der Waals surface area contributed by atoms with E-state index in [-0.39, 0.29) is 5.75 Å². The van der Waals surface area contributed by atoms with E-state index in [1.54, 1.807) is 0 Å². The Hall–Kier alpha value is -1.64. The highest BCUT2D eigenvalue weighted by atomic mass is 32.2. The van der Waals surface area contributed by atoms with Crippen molar-refractivity contribution in [3.8, 4) is 0 Å². The van der Waals surface area contributed by atoms with Gasteiger partial charge in [-0.25, -0.2) is 13.4 Å². The van der Waals surface area contributed by atoms with Gasteiger partial charge in [0.2, 0.25) is 10.0 Å². The Morgan fingerprint density at radius 2 is 1.89 bits per heavy atom. The molecule has 0 spiro atoms. The summed E-state index contributed by atoms with van der Waals surface area (Å²) in [6.45, 7) is 8.17. The molecule has 0 bridgehead atoms. The monoisotopic (exact) mass is 410 g/mol. The molecular formula is C20H34N4O3S. The van der Waals surface area contributed by atoms with Crippen molar-refractivity contribution in [3.63, 3.8) is 0 Å². The van der Waals surface area contributed by atoms with Crippen molar-refractivity contribution in [1.29, 1.82) is 0 Å². The van der Waals surface area contributed by atoms with Gasteiger partial charge in [0.05, 0.1) is 25.5 Å². The van der Waals surface area contributed by atoms with Crippen LogP contribution in [-0.4, -0.2) is 70.0 Å². The standard InChI is InChI=1S/C20H34N4O3S/c1-4-6-11-23(3)20(21-5-2)22-16-18-9-7-8-10-19(18)17-28(25,26)24-12-14-27-15-13-24/h7-10H,4-6,11-17H2,1-3H3,(H,21,22). The van der Waals surface area contributed by atoms with E-state index in [1.165, 1.54) is 4.31 Å². The summed E-state index contributed by atoms with van der Waals surface area (Å²) >= 11 is 0. The molecule has 0 aliphatic carbocycles. The molecular weight excluding hydrogens is 376 g/mol. The second kappa shape index (κ2) is 11.4. The zero-order valence-electron chi connectivity index (χ0n) is 17.4. The molecule has 1 N–H and O–H groups in total. The maximum absolute atomic E-state index is 12.8. The van der Waals surface area contributed by atoms with E-state index >= 15 is 0 Å². The van der Waals surface area contributed by atoms with Crippen LogP contribution in [0.25, 0.3) is 0 Å². The third-order valence-corrected chi connectivity index (χ3v) is 6.59. The molecule has 1 aliphatic heterocycles. The number of nitrogens with one attached hydrogen (secondary N) is 1. The maximum Gasteiger partial charge on any atom is 0.218 e. The van der Waals surface area contributed by atoms with Crippen LogP contribution in [0.3, 0.4) is 0 Å². The van der Waals surface area contributed by atoms with E-state index < -0.39 is 10.0 Å². The highest BCUT2D eigenvalue weighted by Crippen LogP contribution is 2.17. The summed E-state index contributed by atoms with van der Waals surface area (Å²) in [5.74, 6) is 0.850. The van der Waals surface area contributed by atoms with Crippen LogP contribution in [0, 0.1) is 0 Å². The summed E-state index contributed by atoms with van der Waals surface area (Å²) in [7, 11) is -1.32. The van der Waals surface area contributed by atoms with Crippen molar-refractivity contribution < 1.29 is 13.2 Å². The quantitative estimate of drug-likeness (QED) is 0.498. The van der Waals surface area contributed by atoms with Crippen molar-refractivity contribution in [2.24, 2.45) is 4.99 Å². The van der Waals surface area contributed by atoms with Crippen LogP contribution in [0.5, 0.6) is 0 Å². The zero-order valence-corrected chi connectivity index (χ0v) is 18.2. The van der Waals surface area contributed by atoms with Crippen molar-refractivity contribution in [2.45, 2.75) is 39.0 Å². The van der Waals surface area contributed by atoms with E-state index in [2.05, 4.69) is 17.1 Å². The molecule has 0 amide bonds. The number of aliphatic imine (C=N–C) groups is 1. The molecule has 1 heterocycles. The molecule has 0 atom stereocenters. The number of unbranched alkanes of at least 4 members (excludes halogenated alkanes) is 1. The van der Waals surface area contributed by atoms with Crippen LogP contribution in [0.15, 0.2) is 29.3 Å². The largest absolute Gasteiger partial charge is 0.379 e. The molecule has 2 rings (SSSR count). The summed E-state index contributed by atoms with van der Waals surface area (Å²) in [5, 5.41) is 3.32. The number of hydrogen-bond acceptors (Lipinski definition) is 4. The first-order valence-corrected chi connectivity index (χ1v) is 11.7. The lowest BCUT2D eigenvalue weighted by molar-refractivity contribution is 0.0729. The summed E-state index contributed by atoms with van der Waals surface area (Å²) < 4.78 is 32.4. The Labute approximate surface area is 169 Å². The third-order valence-electron chi connectivity index (χ3n) is 4.76. The fourth-order valence-corrected chi connectivity index (χ4v) is 4.66. The summed E-state index contributed by atoms with van der Waals surface area (Å²) in [4.78, 5) is 6.87. The van der Waals surface area contributed by atoms with Gasteiger partial charge >= 0.3 is 0 Å². The van der Waals surface area contributed by atoms with E-state index in [0.717, 1.165) is 43.0 Å². The lowest BCUT2D eigenvalue weighted by Gasteiger charge is -2.26. The van der Waals surface area contributed by atoms with Gasteiger partial charge in [-0.3, -0.25) is 0 Å².